The maximum atomic E-state index is 13.0. The number of benzene rings is 1. The fourth-order valence-corrected chi connectivity index (χ4v) is 1.66. The molecule has 0 amide bonds. The smallest absolute Gasteiger partial charge is 0.226 e. The molecule has 17 heavy (non-hydrogen) atoms. The van der Waals surface area contributed by atoms with E-state index in [1.807, 2.05) is 6.92 Å². The second kappa shape index (κ2) is 5.10. The molecule has 88 valence electrons. The molecule has 0 radical (unpaired) electrons. The third-order valence-electron chi connectivity index (χ3n) is 2.22. The zero-order valence-corrected chi connectivity index (χ0v) is 9.91. The first-order valence-corrected chi connectivity index (χ1v) is 5.51. The van der Waals surface area contributed by atoms with E-state index in [0.29, 0.717) is 28.8 Å². The standard InChI is InChI=1S/C12H10ClFN2O/c1-2-10-11(13)15-7-16-12(10)17-9-5-3-4-8(14)6-9/h3-7H,2H2,1H3. The molecule has 5 heteroatoms. The number of nitrogens with zero attached hydrogens (tertiary/aromatic N) is 2. The zero-order chi connectivity index (χ0) is 12.3. The highest BCUT2D eigenvalue weighted by atomic mass is 35.5. The maximum Gasteiger partial charge on any atom is 0.226 e. The van der Waals surface area contributed by atoms with Crippen LogP contribution in [0.5, 0.6) is 11.6 Å². The van der Waals surface area contributed by atoms with Crippen molar-refractivity contribution in [3.8, 4) is 11.6 Å². The van der Waals surface area contributed by atoms with Crippen LogP contribution in [0.4, 0.5) is 4.39 Å². The SMILES string of the molecule is CCc1c(Cl)ncnc1Oc1cccc(F)c1. The Morgan fingerprint density at radius 1 is 1.35 bits per heavy atom. The Bertz CT molecular complexity index is 534. The molecule has 0 bridgehead atoms. The van der Waals surface area contributed by atoms with Crippen LogP contribution in [0.3, 0.4) is 0 Å². The van der Waals surface area contributed by atoms with Gasteiger partial charge in [-0.15, -0.1) is 0 Å². The average molecular weight is 253 g/mol. The molecule has 2 aromatic rings. The second-order valence-corrected chi connectivity index (χ2v) is 3.72. The lowest BCUT2D eigenvalue weighted by Crippen LogP contribution is -1.96. The Hall–Kier alpha value is -1.68. The molecule has 0 unspecified atom stereocenters. The van der Waals surface area contributed by atoms with Crippen LogP contribution < -0.4 is 4.74 Å². The molecule has 0 spiro atoms. The van der Waals surface area contributed by atoms with Gasteiger partial charge < -0.3 is 4.74 Å². The summed E-state index contributed by atoms with van der Waals surface area (Å²) in [7, 11) is 0. The molecule has 0 aliphatic carbocycles. The van der Waals surface area contributed by atoms with E-state index in [-0.39, 0.29) is 5.82 Å². The molecule has 0 saturated heterocycles. The van der Waals surface area contributed by atoms with Crippen molar-refractivity contribution in [2.24, 2.45) is 0 Å². The predicted octanol–water partition coefficient (Wildman–Crippen LogP) is 3.62. The van der Waals surface area contributed by atoms with Crippen LogP contribution >= 0.6 is 11.6 Å². The fourth-order valence-electron chi connectivity index (χ4n) is 1.40. The molecule has 0 aliphatic rings. The van der Waals surface area contributed by atoms with E-state index >= 15 is 0 Å². The molecule has 1 heterocycles. The summed E-state index contributed by atoms with van der Waals surface area (Å²) in [5.74, 6) is 0.383. The largest absolute Gasteiger partial charge is 0.438 e. The summed E-state index contributed by atoms with van der Waals surface area (Å²) in [5.41, 5.74) is 0.707. The highest BCUT2D eigenvalue weighted by Gasteiger charge is 2.10. The summed E-state index contributed by atoms with van der Waals surface area (Å²) >= 11 is 5.92. The van der Waals surface area contributed by atoms with Gasteiger partial charge in [-0.2, -0.15) is 0 Å². The summed E-state index contributed by atoms with van der Waals surface area (Å²) in [4.78, 5) is 7.87. The van der Waals surface area contributed by atoms with E-state index in [9.17, 15) is 4.39 Å². The highest BCUT2D eigenvalue weighted by Crippen LogP contribution is 2.27. The molecular weight excluding hydrogens is 243 g/mol. The van der Waals surface area contributed by atoms with Crippen LogP contribution in [0, 0.1) is 5.82 Å². The fraction of sp³-hybridized carbons (Fsp3) is 0.167. The van der Waals surface area contributed by atoms with E-state index in [0.717, 1.165) is 0 Å². The monoisotopic (exact) mass is 252 g/mol. The lowest BCUT2D eigenvalue weighted by Gasteiger charge is -2.09. The van der Waals surface area contributed by atoms with E-state index in [1.54, 1.807) is 12.1 Å². The lowest BCUT2D eigenvalue weighted by atomic mass is 10.2. The third-order valence-corrected chi connectivity index (χ3v) is 2.54. The van der Waals surface area contributed by atoms with E-state index in [2.05, 4.69) is 9.97 Å². The van der Waals surface area contributed by atoms with Crippen LogP contribution in [0.1, 0.15) is 12.5 Å². The van der Waals surface area contributed by atoms with Gasteiger partial charge in [-0.3, -0.25) is 0 Å². The first-order chi connectivity index (χ1) is 8.20. The van der Waals surface area contributed by atoms with E-state index in [4.69, 9.17) is 16.3 Å². The molecular formula is C12H10ClFN2O. The molecule has 0 atom stereocenters. The highest BCUT2D eigenvalue weighted by molar-refractivity contribution is 6.30. The first-order valence-electron chi connectivity index (χ1n) is 5.13. The van der Waals surface area contributed by atoms with Crippen molar-refractivity contribution in [3.05, 3.63) is 47.1 Å². The van der Waals surface area contributed by atoms with Crippen LogP contribution in [0.2, 0.25) is 5.15 Å². The number of hydrogen-bond donors (Lipinski definition) is 0. The molecule has 0 saturated carbocycles. The zero-order valence-electron chi connectivity index (χ0n) is 9.15. The Labute approximate surface area is 103 Å². The van der Waals surface area contributed by atoms with Crippen LogP contribution in [0.15, 0.2) is 30.6 Å². The normalized spacial score (nSPS) is 10.3. The van der Waals surface area contributed by atoms with Crippen molar-refractivity contribution in [1.82, 2.24) is 9.97 Å². The minimum Gasteiger partial charge on any atom is -0.438 e. The molecule has 0 N–H and O–H groups in total. The van der Waals surface area contributed by atoms with Crippen molar-refractivity contribution < 1.29 is 9.13 Å². The Morgan fingerprint density at radius 2 is 2.18 bits per heavy atom. The molecule has 1 aromatic heterocycles. The summed E-state index contributed by atoms with van der Waals surface area (Å²) in [6.45, 7) is 1.92. The van der Waals surface area contributed by atoms with Crippen LogP contribution in [-0.2, 0) is 6.42 Å². The molecule has 1 aromatic carbocycles. The summed E-state index contributed by atoms with van der Waals surface area (Å²) in [5, 5.41) is 0.355. The van der Waals surface area contributed by atoms with Gasteiger partial charge in [-0.05, 0) is 18.6 Å². The van der Waals surface area contributed by atoms with Crippen molar-refractivity contribution in [2.45, 2.75) is 13.3 Å². The van der Waals surface area contributed by atoms with Gasteiger partial charge in [-0.1, -0.05) is 24.6 Å². The number of halogens is 2. The Kier molecular flexibility index (Phi) is 3.54. The van der Waals surface area contributed by atoms with Gasteiger partial charge >= 0.3 is 0 Å². The Morgan fingerprint density at radius 3 is 2.88 bits per heavy atom. The van der Waals surface area contributed by atoms with Crippen molar-refractivity contribution >= 4 is 11.6 Å². The molecule has 0 aliphatic heterocycles. The quantitative estimate of drug-likeness (QED) is 0.783. The maximum absolute atomic E-state index is 13.0. The van der Waals surface area contributed by atoms with Gasteiger partial charge in [0.05, 0.1) is 5.56 Å². The minimum atomic E-state index is -0.360. The predicted molar refractivity (Wildman–Crippen MR) is 62.9 cm³/mol. The van der Waals surface area contributed by atoms with Crippen LogP contribution in [0.25, 0.3) is 0 Å². The van der Waals surface area contributed by atoms with Crippen molar-refractivity contribution in [2.75, 3.05) is 0 Å². The van der Waals surface area contributed by atoms with Crippen molar-refractivity contribution in [3.63, 3.8) is 0 Å². The second-order valence-electron chi connectivity index (χ2n) is 3.36. The van der Waals surface area contributed by atoms with Gasteiger partial charge in [0, 0.05) is 6.07 Å². The number of aromatic nitrogens is 2. The molecule has 0 fully saturated rings. The molecule has 3 nitrogen and oxygen atoms in total. The van der Waals surface area contributed by atoms with Crippen LogP contribution in [-0.4, -0.2) is 9.97 Å². The van der Waals surface area contributed by atoms with Gasteiger partial charge in [0.1, 0.15) is 23.0 Å². The van der Waals surface area contributed by atoms with Gasteiger partial charge in [0.15, 0.2) is 0 Å². The first kappa shape index (κ1) is 11.8. The minimum absolute atomic E-state index is 0.355. The summed E-state index contributed by atoms with van der Waals surface area (Å²) in [6.07, 6.45) is 1.96. The van der Waals surface area contributed by atoms with Crippen molar-refractivity contribution in [1.29, 1.82) is 0 Å². The number of ether oxygens (including phenoxy) is 1. The topological polar surface area (TPSA) is 35.0 Å². The molecule has 2 rings (SSSR count). The summed E-state index contributed by atoms with van der Waals surface area (Å²) in [6, 6.07) is 5.85. The lowest BCUT2D eigenvalue weighted by molar-refractivity contribution is 0.450. The van der Waals surface area contributed by atoms with Gasteiger partial charge in [0.2, 0.25) is 5.88 Å². The third kappa shape index (κ3) is 2.71. The average Bonchev–Trinajstić information content (AvgIpc) is 2.29. The van der Waals surface area contributed by atoms with Gasteiger partial charge in [-0.25, -0.2) is 14.4 Å². The van der Waals surface area contributed by atoms with E-state index < -0.39 is 0 Å². The van der Waals surface area contributed by atoms with E-state index in [1.165, 1.54) is 18.5 Å². The number of rotatable bonds is 3. The summed E-state index contributed by atoms with van der Waals surface area (Å²) < 4.78 is 18.5. The Balaban J connectivity index is 2.33. The number of hydrogen-bond acceptors (Lipinski definition) is 3. The van der Waals surface area contributed by atoms with Gasteiger partial charge in [0.25, 0.3) is 0 Å².